The molecule has 1 aliphatic rings. The molecule has 0 saturated heterocycles. The maximum atomic E-state index is 10.7. The van der Waals surface area contributed by atoms with Gasteiger partial charge in [-0.05, 0) is 42.5 Å². The summed E-state index contributed by atoms with van der Waals surface area (Å²) in [5, 5.41) is 9.62. The molecule has 1 aromatic carbocycles. The van der Waals surface area contributed by atoms with Gasteiger partial charge in [-0.3, -0.25) is 4.79 Å². The Bertz CT molecular complexity index is 416. The topological polar surface area (TPSA) is 37.3 Å². The van der Waals surface area contributed by atoms with E-state index >= 15 is 0 Å². The van der Waals surface area contributed by atoms with Crippen LogP contribution in [0.5, 0.6) is 5.75 Å². The first-order valence-corrected chi connectivity index (χ1v) is 4.70. The molecule has 0 bridgehead atoms. The fourth-order valence-corrected chi connectivity index (χ4v) is 1.96. The maximum Gasteiger partial charge on any atom is 0.146 e. The molecule has 1 aromatic rings. The monoisotopic (exact) mass is 188 g/mol. The van der Waals surface area contributed by atoms with E-state index in [0.29, 0.717) is 5.75 Å². The molecule has 0 radical (unpaired) electrons. The van der Waals surface area contributed by atoms with Gasteiger partial charge in [-0.15, -0.1) is 0 Å². The number of hydrogen-bond acceptors (Lipinski definition) is 2. The molecule has 0 unspecified atom stereocenters. The second-order valence-corrected chi connectivity index (χ2v) is 3.57. The minimum atomic E-state index is 0.340. The molecule has 2 rings (SSSR count). The highest BCUT2D eigenvalue weighted by molar-refractivity contribution is 5.89. The van der Waals surface area contributed by atoms with Crippen LogP contribution in [0.4, 0.5) is 0 Å². The Labute approximate surface area is 82.9 Å². The predicted octanol–water partition coefficient (Wildman–Crippen LogP) is 2.31. The number of carbonyl (C=O) groups excluding carboxylic acids is 1. The summed E-state index contributed by atoms with van der Waals surface area (Å²) in [7, 11) is 0. The molecule has 0 saturated carbocycles. The van der Waals surface area contributed by atoms with Crippen molar-refractivity contribution in [3.8, 4) is 5.75 Å². The zero-order valence-corrected chi connectivity index (χ0v) is 8.08. The van der Waals surface area contributed by atoms with Crippen LogP contribution in [-0.4, -0.2) is 11.4 Å². The number of aldehydes is 1. The van der Waals surface area contributed by atoms with E-state index in [1.807, 2.05) is 19.1 Å². The van der Waals surface area contributed by atoms with Gasteiger partial charge in [0.1, 0.15) is 12.0 Å². The SMILES string of the molecule is CC1=C(C=O)CCc2c(O)cccc21. The largest absolute Gasteiger partial charge is 0.508 e. The van der Waals surface area contributed by atoms with Crippen molar-refractivity contribution in [1.29, 1.82) is 0 Å². The number of phenols is 1. The lowest BCUT2D eigenvalue weighted by Gasteiger charge is -2.18. The van der Waals surface area contributed by atoms with Crippen molar-refractivity contribution < 1.29 is 9.90 Å². The van der Waals surface area contributed by atoms with Gasteiger partial charge in [0.15, 0.2) is 0 Å². The van der Waals surface area contributed by atoms with E-state index in [0.717, 1.165) is 41.4 Å². The fourth-order valence-electron chi connectivity index (χ4n) is 1.96. The van der Waals surface area contributed by atoms with Crippen LogP contribution in [-0.2, 0) is 11.2 Å². The van der Waals surface area contributed by atoms with E-state index in [1.54, 1.807) is 6.07 Å². The third-order valence-corrected chi connectivity index (χ3v) is 2.82. The molecule has 0 atom stereocenters. The van der Waals surface area contributed by atoms with E-state index in [2.05, 4.69) is 0 Å². The zero-order valence-electron chi connectivity index (χ0n) is 8.08. The summed E-state index contributed by atoms with van der Waals surface area (Å²) in [4.78, 5) is 10.7. The number of hydrogen-bond donors (Lipinski definition) is 1. The van der Waals surface area contributed by atoms with Crippen molar-refractivity contribution in [3.63, 3.8) is 0 Å². The average molecular weight is 188 g/mol. The van der Waals surface area contributed by atoms with Crippen LogP contribution in [0.1, 0.15) is 24.5 Å². The quantitative estimate of drug-likeness (QED) is 0.687. The molecule has 0 aliphatic heterocycles. The first-order valence-electron chi connectivity index (χ1n) is 4.70. The summed E-state index contributed by atoms with van der Waals surface area (Å²) < 4.78 is 0. The molecule has 72 valence electrons. The molecule has 0 heterocycles. The number of rotatable bonds is 1. The lowest BCUT2D eigenvalue weighted by Crippen LogP contribution is -2.04. The minimum Gasteiger partial charge on any atom is -0.508 e. The molecule has 0 amide bonds. The average Bonchev–Trinajstić information content (AvgIpc) is 2.20. The van der Waals surface area contributed by atoms with Gasteiger partial charge in [-0.2, -0.15) is 0 Å². The summed E-state index contributed by atoms with van der Waals surface area (Å²) in [6.07, 6.45) is 2.41. The van der Waals surface area contributed by atoms with Crippen molar-refractivity contribution >= 4 is 11.9 Å². The molecule has 0 aromatic heterocycles. The van der Waals surface area contributed by atoms with E-state index in [-0.39, 0.29) is 0 Å². The standard InChI is InChI=1S/C12H12O2/c1-8-9(7-13)5-6-11-10(8)3-2-4-12(11)14/h2-4,7,14H,5-6H2,1H3. The van der Waals surface area contributed by atoms with Crippen LogP contribution in [0, 0.1) is 0 Å². The fraction of sp³-hybridized carbons (Fsp3) is 0.250. The molecule has 1 aliphatic carbocycles. The molecule has 2 nitrogen and oxygen atoms in total. The summed E-state index contributed by atoms with van der Waals surface area (Å²) >= 11 is 0. The summed E-state index contributed by atoms with van der Waals surface area (Å²) in [6.45, 7) is 1.93. The predicted molar refractivity (Wildman–Crippen MR) is 55.1 cm³/mol. The summed E-state index contributed by atoms with van der Waals surface area (Å²) in [5.41, 5.74) is 3.83. The van der Waals surface area contributed by atoms with E-state index < -0.39 is 0 Å². The highest BCUT2D eigenvalue weighted by Crippen LogP contribution is 2.34. The van der Waals surface area contributed by atoms with Crippen LogP contribution in [0.25, 0.3) is 5.57 Å². The maximum absolute atomic E-state index is 10.7. The van der Waals surface area contributed by atoms with E-state index in [4.69, 9.17) is 0 Å². The van der Waals surface area contributed by atoms with Crippen LogP contribution in [0.15, 0.2) is 23.8 Å². The number of benzene rings is 1. The molecule has 2 heteroatoms. The van der Waals surface area contributed by atoms with Gasteiger partial charge in [0, 0.05) is 5.56 Å². The second kappa shape index (κ2) is 3.29. The number of aromatic hydroxyl groups is 1. The zero-order chi connectivity index (χ0) is 10.1. The van der Waals surface area contributed by atoms with Crippen LogP contribution in [0.2, 0.25) is 0 Å². The molecule has 14 heavy (non-hydrogen) atoms. The Hall–Kier alpha value is -1.57. The van der Waals surface area contributed by atoms with Crippen molar-refractivity contribution in [2.75, 3.05) is 0 Å². The Morgan fingerprint density at radius 3 is 2.86 bits per heavy atom. The van der Waals surface area contributed by atoms with Gasteiger partial charge in [0.25, 0.3) is 0 Å². The lowest BCUT2D eigenvalue weighted by molar-refractivity contribution is -0.105. The number of allylic oxidation sites excluding steroid dienone is 2. The highest BCUT2D eigenvalue weighted by Gasteiger charge is 2.17. The van der Waals surface area contributed by atoms with Crippen molar-refractivity contribution in [3.05, 3.63) is 34.9 Å². The van der Waals surface area contributed by atoms with Crippen molar-refractivity contribution in [2.24, 2.45) is 0 Å². The number of carbonyl (C=O) groups is 1. The molecular weight excluding hydrogens is 176 g/mol. The van der Waals surface area contributed by atoms with Gasteiger partial charge >= 0.3 is 0 Å². The van der Waals surface area contributed by atoms with Crippen LogP contribution in [0.3, 0.4) is 0 Å². The third kappa shape index (κ3) is 1.23. The summed E-state index contributed by atoms with van der Waals surface area (Å²) in [5.74, 6) is 0.340. The first-order chi connectivity index (χ1) is 6.74. The second-order valence-electron chi connectivity index (χ2n) is 3.57. The van der Waals surface area contributed by atoms with Gasteiger partial charge < -0.3 is 5.11 Å². The Kier molecular flexibility index (Phi) is 2.12. The summed E-state index contributed by atoms with van der Waals surface area (Å²) in [6, 6.07) is 5.45. The van der Waals surface area contributed by atoms with Crippen molar-refractivity contribution in [1.82, 2.24) is 0 Å². The first kappa shape index (κ1) is 9.00. The van der Waals surface area contributed by atoms with Gasteiger partial charge in [0.05, 0.1) is 0 Å². The number of phenolic OH excluding ortho intramolecular Hbond substituents is 1. The Balaban J connectivity index is 2.63. The van der Waals surface area contributed by atoms with E-state index in [1.165, 1.54) is 0 Å². The van der Waals surface area contributed by atoms with Gasteiger partial charge in [-0.25, -0.2) is 0 Å². The molecule has 0 spiro atoms. The molecule has 1 N–H and O–H groups in total. The Morgan fingerprint density at radius 2 is 2.14 bits per heavy atom. The van der Waals surface area contributed by atoms with Crippen LogP contribution < -0.4 is 0 Å². The van der Waals surface area contributed by atoms with Gasteiger partial charge in [-0.1, -0.05) is 12.1 Å². The highest BCUT2D eigenvalue weighted by atomic mass is 16.3. The van der Waals surface area contributed by atoms with Gasteiger partial charge in [0.2, 0.25) is 0 Å². The van der Waals surface area contributed by atoms with E-state index in [9.17, 15) is 9.90 Å². The normalized spacial score (nSPS) is 15.2. The lowest BCUT2D eigenvalue weighted by atomic mass is 9.86. The van der Waals surface area contributed by atoms with Crippen molar-refractivity contribution in [2.45, 2.75) is 19.8 Å². The smallest absolute Gasteiger partial charge is 0.146 e. The Morgan fingerprint density at radius 1 is 1.36 bits per heavy atom. The third-order valence-electron chi connectivity index (χ3n) is 2.82. The number of fused-ring (bicyclic) bond motifs is 1. The van der Waals surface area contributed by atoms with Crippen LogP contribution >= 0.6 is 0 Å². The molecule has 0 fully saturated rings. The minimum absolute atomic E-state index is 0.340. The molecular formula is C12H12O2.